The van der Waals surface area contributed by atoms with Gasteiger partial charge in [-0.2, -0.15) is 0 Å². The number of rotatable bonds is 11. The Hall–Kier alpha value is -4.39. The molecular formula is C42H53N3O12Si. The average Bonchev–Trinajstić information content (AvgIpc) is 3.89. The van der Waals surface area contributed by atoms with Gasteiger partial charge in [0, 0.05) is 23.7 Å². The van der Waals surface area contributed by atoms with E-state index in [0.717, 1.165) is 29.3 Å². The smallest absolute Gasteiger partial charge is 0.264 e. The molecule has 10 atom stereocenters. The summed E-state index contributed by atoms with van der Waals surface area (Å²) in [5, 5.41) is 53.8. The predicted octanol–water partition coefficient (Wildman–Crippen LogP) is 1.58. The molecule has 6 N–H and O–H groups in total. The topological polar surface area (TPSA) is 208 Å². The summed E-state index contributed by atoms with van der Waals surface area (Å²) in [6, 6.07) is 19.9. The molecular weight excluding hydrogens is 767 g/mol. The van der Waals surface area contributed by atoms with Crippen molar-refractivity contribution in [1.29, 1.82) is 0 Å². The molecule has 15 nitrogen and oxygen atoms in total. The molecule has 0 radical (unpaired) electrons. The Morgan fingerprint density at radius 1 is 0.931 bits per heavy atom. The standard InChI is InChI=1S/C42H53N3O12Si/c1-23-38(58(4,5)29-15-12-27(54-2)13-16-29)32(20-33(47)44-18-6-7-26(44)22-46)57-42(23)30-19-28(55-3)14-17-31(30)45(41(42)53)21-24-8-10-25(11-9-24)43-39(51)37-35(49)34(48)36(50)40(52)56-37/h8-17,19,23,26,32,34-38,40,46,48-50,52H,6-7,18,20-22H2,1-5H3,(H,43,51)/t23-,26+,32+,34+,35+,36-,37+,38-,40-,42+/m1/s1. The molecule has 7 rings (SSSR count). The molecule has 4 heterocycles. The van der Waals surface area contributed by atoms with Gasteiger partial charge in [0.05, 0.1) is 59.7 Å². The lowest BCUT2D eigenvalue weighted by molar-refractivity contribution is -0.274. The van der Waals surface area contributed by atoms with Crippen LogP contribution in [0.2, 0.25) is 18.6 Å². The second-order valence-electron chi connectivity index (χ2n) is 16.3. The third-order valence-electron chi connectivity index (χ3n) is 12.7. The molecule has 4 aliphatic rings. The molecule has 312 valence electrons. The molecule has 0 saturated carbocycles. The van der Waals surface area contributed by atoms with Crippen molar-refractivity contribution >= 4 is 42.4 Å². The van der Waals surface area contributed by atoms with Crippen molar-refractivity contribution in [2.45, 2.75) is 99.8 Å². The SMILES string of the molecule is COc1ccc([Si](C)(C)[C@H]2[C@H](CC(=O)N3CCC[C@H]3CO)O[C@@]3(C(=O)N(Cc4ccc(NC(=O)[C@H]5O[C@@H](O)[C@H](O)[C@@H](O)[C@@H]5O)cc4)c4ccc(OC)cc43)[C@@H]2C)cc1. The summed E-state index contributed by atoms with van der Waals surface area (Å²) in [5.74, 6) is -0.305. The fraction of sp³-hybridized carbons (Fsp3) is 0.500. The van der Waals surface area contributed by atoms with Gasteiger partial charge in [-0.15, -0.1) is 0 Å². The minimum atomic E-state index is -2.55. The first-order valence-corrected chi connectivity index (χ1v) is 22.7. The molecule has 58 heavy (non-hydrogen) atoms. The molecule has 3 aromatic rings. The maximum atomic E-state index is 15.3. The minimum absolute atomic E-state index is 0.0566. The zero-order valence-corrected chi connectivity index (χ0v) is 34.3. The zero-order chi connectivity index (χ0) is 41.7. The first kappa shape index (κ1) is 41.8. The van der Waals surface area contributed by atoms with Crippen LogP contribution in [0.15, 0.2) is 66.7 Å². The molecule has 3 aromatic carbocycles. The number of likely N-dealkylation sites (tertiary alicyclic amines) is 1. The number of aliphatic hydroxyl groups is 5. The number of benzene rings is 3. The number of hydrogen-bond donors (Lipinski definition) is 6. The van der Waals surface area contributed by atoms with Crippen LogP contribution in [0, 0.1) is 5.92 Å². The fourth-order valence-corrected chi connectivity index (χ4v) is 13.6. The summed E-state index contributed by atoms with van der Waals surface area (Å²) in [6.45, 7) is 7.14. The highest BCUT2D eigenvalue weighted by atomic mass is 28.3. The van der Waals surface area contributed by atoms with Crippen LogP contribution < -0.4 is 24.9 Å². The van der Waals surface area contributed by atoms with Crippen LogP contribution >= 0.6 is 0 Å². The third kappa shape index (κ3) is 7.19. The summed E-state index contributed by atoms with van der Waals surface area (Å²) >= 11 is 0. The van der Waals surface area contributed by atoms with Gasteiger partial charge >= 0.3 is 0 Å². The van der Waals surface area contributed by atoms with Crippen LogP contribution in [0.1, 0.15) is 37.3 Å². The van der Waals surface area contributed by atoms with Gasteiger partial charge < -0.3 is 59.6 Å². The van der Waals surface area contributed by atoms with E-state index in [9.17, 15) is 35.1 Å². The molecule has 0 unspecified atom stereocenters. The predicted molar refractivity (Wildman–Crippen MR) is 214 cm³/mol. The molecule has 3 amide bonds. The Morgan fingerprint density at radius 2 is 1.60 bits per heavy atom. The third-order valence-corrected chi connectivity index (χ3v) is 17.1. The molecule has 0 aromatic heterocycles. The number of nitrogens with one attached hydrogen (secondary N) is 1. The highest BCUT2D eigenvalue weighted by molar-refractivity contribution is 6.91. The van der Waals surface area contributed by atoms with Gasteiger partial charge in [0.1, 0.15) is 29.8 Å². The van der Waals surface area contributed by atoms with Gasteiger partial charge in [0.25, 0.3) is 11.8 Å². The van der Waals surface area contributed by atoms with E-state index in [1.807, 2.05) is 31.2 Å². The second kappa shape index (κ2) is 16.3. The monoisotopic (exact) mass is 819 g/mol. The van der Waals surface area contributed by atoms with Crippen LogP contribution in [0.5, 0.6) is 11.5 Å². The number of hydrogen-bond acceptors (Lipinski definition) is 12. The number of nitrogens with zero attached hydrogens (tertiary/aromatic N) is 2. The summed E-state index contributed by atoms with van der Waals surface area (Å²) in [4.78, 5) is 45.7. The number of aliphatic hydroxyl groups excluding tert-OH is 5. The first-order chi connectivity index (χ1) is 27.7. The van der Waals surface area contributed by atoms with Crippen molar-refractivity contribution in [3.8, 4) is 11.5 Å². The summed E-state index contributed by atoms with van der Waals surface area (Å²) in [7, 11) is 0.632. The Bertz CT molecular complexity index is 2000. The van der Waals surface area contributed by atoms with Gasteiger partial charge in [-0.25, -0.2) is 0 Å². The Balaban J connectivity index is 1.20. The van der Waals surface area contributed by atoms with Crippen LogP contribution in [-0.4, -0.2) is 126 Å². The largest absolute Gasteiger partial charge is 0.497 e. The van der Waals surface area contributed by atoms with E-state index in [1.165, 1.54) is 0 Å². The number of anilines is 2. The normalized spacial score (nSPS) is 30.8. The van der Waals surface area contributed by atoms with E-state index in [1.54, 1.807) is 54.4 Å². The van der Waals surface area contributed by atoms with Crippen LogP contribution in [-0.2, 0) is 36.0 Å². The van der Waals surface area contributed by atoms with E-state index in [4.69, 9.17) is 18.9 Å². The van der Waals surface area contributed by atoms with Gasteiger partial charge in [-0.1, -0.05) is 49.5 Å². The van der Waals surface area contributed by atoms with E-state index >= 15 is 4.79 Å². The zero-order valence-electron chi connectivity index (χ0n) is 33.3. The van der Waals surface area contributed by atoms with Crippen molar-refractivity contribution in [2.24, 2.45) is 5.92 Å². The van der Waals surface area contributed by atoms with Crippen LogP contribution in [0.3, 0.4) is 0 Å². The van der Waals surface area contributed by atoms with Gasteiger partial charge in [-0.05, 0) is 66.4 Å². The average molecular weight is 820 g/mol. The Morgan fingerprint density at radius 3 is 2.26 bits per heavy atom. The lowest BCUT2D eigenvalue weighted by Gasteiger charge is -2.37. The summed E-state index contributed by atoms with van der Waals surface area (Å²) < 4.78 is 23.4. The number of carbonyl (C=O) groups excluding carboxylic acids is 3. The van der Waals surface area contributed by atoms with Crippen molar-refractivity contribution in [2.75, 3.05) is 37.6 Å². The number of amides is 3. The highest BCUT2D eigenvalue weighted by Crippen LogP contribution is 2.60. The fourth-order valence-electron chi connectivity index (χ4n) is 9.59. The van der Waals surface area contributed by atoms with Crippen molar-refractivity contribution in [3.05, 3.63) is 77.9 Å². The number of ether oxygens (including phenoxy) is 4. The second-order valence-corrected chi connectivity index (χ2v) is 21.0. The van der Waals surface area contributed by atoms with E-state index < -0.39 is 56.4 Å². The molecule has 0 aliphatic carbocycles. The summed E-state index contributed by atoms with van der Waals surface area (Å²) in [6.07, 6.45) is -7.86. The molecule has 4 aliphatic heterocycles. The molecule has 3 saturated heterocycles. The van der Waals surface area contributed by atoms with Crippen LogP contribution in [0.25, 0.3) is 0 Å². The Kier molecular flexibility index (Phi) is 11.8. The maximum absolute atomic E-state index is 15.3. The van der Waals surface area contributed by atoms with E-state index in [0.29, 0.717) is 29.2 Å². The van der Waals surface area contributed by atoms with E-state index in [2.05, 4.69) is 30.5 Å². The summed E-state index contributed by atoms with van der Waals surface area (Å²) in [5.41, 5.74) is 0.705. The molecule has 1 spiro atoms. The number of carbonyl (C=O) groups is 3. The number of fused-ring (bicyclic) bond motifs is 2. The lowest BCUT2D eigenvalue weighted by atomic mass is 9.82. The maximum Gasteiger partial charge on any atom is 0.264 e. The van der Waals surface area contributed by atoms with Crippen LogP contribution in [0.4, 0.5) is 11.4 Å². The molecule has 0 bridgehead atoms. The molecule has 16 heteroatoms. The Labute approximate surface area is 338 Å². The van der Waals surface area contributed by atoms with E-state index in [-0.39, 0.29) is 48.9 Å². The first-order valence-electron chi connectivity index (χ1n) is 19.7. The van der Waals surface area contributed by atoms with Crippen molar-refractivity contribution in [3.63, 3.8) is 0 Å². The lowest BCUT2D eigenvalue weighted by Crippen LogP contribution is -2.60. The van der Waals surface area contributed by atoms with Crippen molar-refractivity contribution < 1.29 is 58.9 Å². The van der Waals surface area contributed by atoms with Gasteiger partial charge in [0.15, 0.2) is 18.0 Å². The molecule has 3 fully saturated rings. The van der Waals surface area contributed by atoms with Gasteiger partial charge in [0.2, 0.25) is 5.91 Å². The minimum Gasteiger partial charge on any atom is -0.497 e. The highest BCUT2D eigenvalue weighted by Gasteiger charge is 2.66. The van der Waals surface area contributed by atoms with Crippen molar-refractivity contribution in [1.82, 2.24) is 4.90 Å². The van der Waals surface area contributed by atoms with Gasteiger partial charge in [-0.3, -0.25) is 14.4 Å². The number of methoxy groups -OCH3 is 2. The quantitative estimate of drug-likeness (QED) is 0.153.